The molecule has 0 saturated heterocycles. The molecule has 1 aromatic heterocycles. The number of hydrogen-bond donors (Lipinski definition) is 2. The molecule has 140 valence electrons. The van der Waals surface area contributed by atoms with Gasteiger partial charge in [0.15, 0.2) is 11.6 Å². The molecular formula is C14H8Cl2F5N3O2. The average Bonchev–Trinajstić information content (AvgIpc) is 2.55. The van der Waals surface area contributed by atoms with Gasteiger partial charge in [0.25, 0.3) is 5.91 Å². The van der Waals surface area contributed by atoms with Crippen molar-refractivity contribution in [1.29, 1.82) is 0 Å². The van der Waals surface area contributed by atoms with Crippen molar-refractivity contribution < 1.29 is 31.6 Å². The van der Waals surface area contributed by atoms with E-state index in [0.29, 0.717) is 12.3 Å². The zero-order valence-corrected chi connectivity index (χ0v) is 14.2. The van der Waals surface area contributed by atoms with E-state index in [4.69, 9.17) is 23.2 Å². The fraction of sp³-hybridized carbons (Fsp3) is 0.143. The Hall–Kier alpha value is -2.17. The lowest BCUT2D eigenvalue weighted by Gasteiger charge is -2.15. The summed E-state index contributed by atoms with van der Waals surface area (Å²) >= 11 is 11.2. The molecule has 2 aromatic rings. The first kappa shape index (κ1) is 20.1. The summed E-state index contributed by atoms with van der Waals surface area (Å²) in [5.41, 5.74) is -0.501. The molecule has 0 aliphatic rings. The molecule has 1 heterocycles. The highest BCUT2D eigenvalue weighted by atomic mass is 35.5. The van der Waals surface area contributed by atoms with Crippen LogP contribution in [0.2, 0.25) is 10.0 Å². The summed E-state index contributed by atoms with van der Waals surface area (Å²) in [4.78, 5) is 19.7. The van der Waals surface area contributed by atoms with E-state index in [-0.39, 0.29) is 0 Å². The normalized spacial score (nSPS) is 11.4. The van der Waals surface area contributed by atoms with Crippen molar-refractivity contribution in [3.05, 3.63) is 51.1 Å². The number of carbonyl (C=O) groups excluding carboxylic acids is 1. The lowest BCUT2D eigenvalue weighted by Crippen LogP contribution is -2.23. The van der Waals surface area contributed by atoms with E-state index < -0.39 is 56.4 Å². The summed E-state index contributed by atoms with van der Waals surface area (Å²) in [6.45, 7) is 0. The SMILES string of the molecule is CONC(=O)c1cc(Cl)c(F)c(F)c1Nc1ncc(C(F)(F)F)cc1Cl. The number of hydrogen-bond acceptors (Lipinski definition) is 4. The molecule has 26 heavy (non-hydrogen) atoms. The molecule has 1 aromatic carbocycles. The minimum atomic E-state index is -4.70. The van der Waals surface area contributed by atoms with Gasteiger partial charge in [0.2, 0.25) is 0 Å². The predicted molar refractivity (Wildman–Crippen MR) is 83.4 cm³/mol. The van der Waals surface area contributed by atoms with E-state index in [1.165, 1.54) is 0 Å². The standard InChI is InChI=1S/C14H8Cl2F5N3O2/c1-26-24-13(25)6-3-7(15)9(17)10(18)11(6)23-12-8(16)2-5(4-22-12)14(19,20)21/h2-4H,1H3,(H,22,23)(H,24,25). The fourth-order valence-corrected chi connectivity index (χ4v) is 2.25. The van der Waals surface area contributed by atoms with Gasteiger partial charge in [0.1, 0.15) is 5.82 Å². The van der Waals surface area contributed by atoms with E-state index in [1.807, 2.05) is 5.48 Å². The Morgan fingerprint density at radius 1 is 1.15 bits per heavy atom. The van der Waals surface area contributed by atoms with Crippen LogP contribution in [-0.2, 0) is 11.0 Å². The minimum Gasteiger partial charge on any atom is -0.336 e. The molecule has 0 aliphatic carbocycles. The first-order valence-electron chi connectivity index (χ1n) is 6.56. The van der Waals surface area contributed by atoms with Crippen LogP contribution in [0.3, 0.4) is 0 Å². The van der Waals surface area contributed by atoms with Crippen molar-refractivity contribution in [1.82, 2.24) is 10.5 Å². The van der Waals surface area contributed by atoms with E-state index >= 15 is 0 Å². The Labute approximate surface area is 153 Å². The number of pyridine rings is 1. The van der Waals surface area contributed by atoms with Crippen molar-refractivity contribution in [2.24, 2.45) is 0 Å². The van der Waals surface area contributed by atoms with Gasteiger partial charge in [-0.2, -0.15) is 13.2 Å². The Morgan fingerprint density at radius 3 is 2.35 bits per heavy atom. The van der Waals surface area contributed by atoms with Gasteiger partial charge in [-0.05, 0) is 12.1 Å². The first-order chi connectivity index (χ1) is 12.1. The van der Waals surface area contributed by atoms with E-state index in [0.717, 1.165) is 13.2 Å². The van der Waals surface area contributed by atoms with E-state index in [2.05, 4.69) is 15.1 Å². The smallest absolute Gasteiger partial charge is 0.336 e. The molecule has 12 heteroatoms. The van der Waals surface area contributed by atoms with Crippen LogP contribution >= 0.6 is 23.2 Å². The zero-order chi connectivity index (χ0) is 19.6. The molecule has 0 fully saturated rings. The van der Waals surface area contributed by atoms with Crippen LogP contribution < -0.4 is 10.8 Å². The highest BCUT2D eigenvalue weighted by Crippen LogP contribution is 2.35. The molecule has 0 atom stereocenters. The average molecular weight is 416 g/mol. The van der Waals surface area contributed by atoms with E-state index in [9.17, 15) is 26.7 Å². The molecule has 0 saturated carbocycles. The summed E-state index contributed by atoms with van der Waals surface area (Å²) in [6, 6.07) is 1.34. The van der Waals surface area contributed by atoms with Crippen molar-refractivity contribution in [3.8, 4) is 0 Å². The summed E-state index contributed by atoms with van der Waals surface area (Å²) in [5, 5.41) is 0.966. The molecule has 2 N–H and O–H groups in total. The van der Waals surface area contributed by atoms with Gasteiger partial charge in [-0.3, -0.25) is 9.63 Å². The number of rotatable bonds is 4. The maximum absolute atomic E-state index is 14.2. The molecular weight excluding hydrogens is 408 g/mol. The molecule has 0 spiro atoms. The first-order valence-corrected chi connectivity index (χ1v) is 7.32. The van der Waals surface area contributed by atoms with Crippen molar-refractivity contribution in [2.45, 2.75) is 6.18 Å². The summed E-state index contributed by atoms with van der Waals surface area (Å²) < 4.78 is 65.8. The zero-order valence-electron chi connectivity index (χ0n) is 12.6. The number of aromatic nitrogens is 1. The number of benzene rings is 1. The molecule has 0 aliphatic heterocycles. The van der Waals surface area contributed by atoms with Crippen LogP contribution in [0.15, 0.2) is 18.3 Å². The Balaban J connectivity index is 2.52. The second-order valence-electron chi connectivity index (χ2n) is 4.72. The number of hydroxylamine groups is 1. The monoisotopic (exact) mass is 415 g/mol. The molecule has 0 radical (unpaired) electrons. The number of alkyl halides is 3. The van der Waals surface area contributed by atoms with Gasteiger partial charge in [-0.25, -0.2) is 19.2 Å². The summed E-state index contributed by atoms with van der Waals surface area (Å²) in [7, 11) is 1.10. The fourth-order valence-electron chi connectivity index (χ4n) is 1.85. The lowest BCUT2D eigenvalue weighted by molar-refractivity contribution is -0.137. The highest BCUT2D eigenvalue weighted by molar-refractivity contribution is 6.33. The third-order valence-electron chi connectivity index (χ3n) is 3.01. The number of halogens is 7. The van der Waals surface area contributed by atoms with Crippen LogP contribution in [0.1, 0.15) is 15.9 Å². The van der Waals surface area contributed by atoms with Crippen LogP contribution in [0.25, 0.3) is 0 Å². The number of amides is 1. The molecule has 1 amide bonds. The highest BCUT2D eigenvalue weighted by Gasteiger charge is 2.32. The van der Waals surface area contributed by atoms with Crippen LogP contribution in [-0.4, -0.2) is 18.0 Å². The Morgan fingerprint density at radius 2 is 1.81 bits per heavy atom. The topological polar surface area (TPSA) is 63.2 Å². The molecule has 5 nitrogen and oxygen atoms in total. The van der Waals surface area contributed by atoms with Gasteiger partial charge < -0.3 is 5.32 Å². The largest absolute Gasteiger partial charge is 0.417 e. The van der Waals surface area contributed by atoms with Crippen molar-refractivity contribution in [2.75, 3.05) is 12.4 Å². The number of nitrogens with zero attached hydrogens (tertiary/aromatic N) is 1. The Kier molecular flexibility index (Phi) is 5.89. The van der Waals surface area contributed by atoms with Gasteiger partial charge in [-0.15, -0.1) is 0 Å². The minimum absolute atomic E-state index is 0.438. The van der Waals surface area contributed by atoms with Gasteiger partial charge >= 0.3 is 6.18 Å². The predicted octanol–water partition coefficient (Wildman–Crippen LogP) is 4.72. The van der Waals surface area contributed by atoms with Gasteiger partial charge in [0, 0.05) is 6.20 Å². The van der Waals surface area contributed by atoms with Gasteiger partial charge in [-0.1, -0.05) is 23.2 Å². The number of anilines is 2. The van der Waals surface area contributed by atoms with Crippen molar-refractivity contribution >= 4 is 40.6 Å². The quantitative estimate of drug-likeness (QED) is 0.430. The van der Waals surface area contributed by atoms with Crippen LogP contribution in [0.5, 0.6) is 0 Å². The lowest BCUT2D eigenvalue weighted by atomic mass is 10.1. The van der Waals surface area contributed by atoms with Crippen molar-refractivity contribution in [3.63, 3.8) is 0 Å². The second-order valence-corrected chi connectivity index (χ2v) is 5.54. The van der Waals surface area contributed by atoms with E-state index in [1.54, 1.807) is 0 Å². The maximum Gasteiger partial charge on any atom is 0.417 e. The Bertz CT molecular complexity index is 861. The molecule has 2 rings (SSSR count). The third-order valence-corrected chi connectivity index (χ3v) is 3.58. The second kappa shape index (κ2) is 7.60. The number of carbonyl (C=O) groups is 1. The summed E-state index contributed by atoms with van der Waals surface area (Å²) in [6.07, 6.45) is -4.26. The van der Waals surface area contributed by atoms with Gasteiger partial charge in [0.05, 0.1) is 34.0 Å². The molecule has 0 unspecified atom stereocenters. The maximum atomic E-state index is 14.2. The van der Waals surface area contributed by atoms with Crippen LogP contribution in [0, 0.1) is 11.6 Å². The van der Waals surface area contributed by atoms with Crippen LogP contribution in [0.4, 0.5) is 33.5 Å². The third kappa shape index (κ3) is 4.14. The molecule has 0 bridgehead atoms. The number of nitrogens with one attached hydrogen (secondary N) is 2. The summed E-state index contributed by atoms with van der Waals surface area (Å²) in [5.74, 6) is -4.48.